The highest BCUT2D eigenvalue weighted by Gasteiger charge is 2.25. The minimum Gasteiger partial charge on any atom is -0.387 e. The van der Waals surface area contributed by atoms with E-state index in [1.54, 1.807) is 19.1 Å². The number of carbonyl (C=O) groups is 1. The molecule has 1 aromatic rings. The molecule has 0 atom stereocenters. The lowest BCUT2D eigenvalue weighted by Crippen LogP contribution is -2.42. The van der Waals surface area contributed by atoms with Gasteiger partial charge in [-0.25, -0.2) is 0 Å². The van der Waals surface area contributed by atoms with Gasteiger partial charge in [0.05, 0.1) is 11.3 Å². The molecule has 1 amide bonds. The van der Waals surface area contributed by atoms with Gasteiger partial charge in [0, 0.05) is 6.54 Å². The number of hydrogen-bond donors (Lipinski definition) is 3. The van der Waals surface area contributed by atoms with Crippen molar-refractivity contribution in [2.24, 2.45) is 0 Å². The Balaban J connectivity index is 2.62. The highest BCUT2D eigenvalue weighted by atomic mass is 16.3. The third kappa shape index (κ3) is 3.53. The van der Waals surface area contributed by atoms with E-state index >= 15 is 0 Å². The van der Waals surface area contributed by atoms with Crippen molar-refractivity contribution in [3.8, 4) is 0 Å². The zero-order valence-corrected chi connectivity index (χ0v) is 10.4. The lowest BCUT2D eigenvalue weighted by Gasteiger charge is -2.25. The zero-order chi connectivity index (χ0) is 13.6. The van der Waals surface area contributed by atoms with Crippen LogP contribution in [0.1, 0.15) is 29.0 Å². The number of rotatable bonds is 7. The van der Waals surface area contributed by atoms with E-state index in [2.05, 4.69) is 33.9 Å². The Morgan fingerprint density at radius 1 is 1.44 bits per heavy atom. The molecule has 0 aliphatic heterocycles. The van der Waals surface area contributed by atoms with Crippen molar-refractivity contribution in [3.05, 3.63) is 36.7 Å². The molecule has 3 N–H and O–H groups in total. The number of aromatic amines is 1. The van der Waals surface area contributed by atoms with Gasteiger partial charge in [-0.3, -0.25) is 4.79 Å². The van der Waals surface area contributed by atoms with Gasteiger partial charge < -0.3 is 10.4 Å². The molecule has 1 heterocycles. The molecule has 0 aromatic carbocycles. The molecular weight excluding hydrogens is 232 g/mol. The summed E-state index contributed by atoms with van der Waals surface area (Å²) >= 11 is 0. The topological polar surface area (TPSA) is 90.9 Å². The summed E-state index contributed by atoms with van der Waals surface area (Å²) in [4.78, 5) is 11.8. The smallest absolute Gasteiger partial charge is 0.273 e. The molecule has 0 spiro atoms. The Bertz CT molecular complexity index is 429. The quantitative estimate of drug-likeness (QED) is 0.622. The molecule has 18 heavy (non-hydrogen) atoms. The van der Waals surface area contributed by atoms with E-state index < -0.39 is 5.60 Å². The van der Waals surface area contributed by atoms with E-state index in [0.717, 1.165) is 0 Å². The normalized spacial score (nSPS) is 11.0. The van der Waals surface area contributed by atoms with E-state index in [9.17, 15) is 9.90 Å². The van der Waals surface area contributed by atoms with Crippen LogP contribution in [0.15, 0.2) is 25.3 Å². The van der Waals surface area contributed by atoms with E-state index in [1.807, 2.05) is 0 Å². The molecule has 98 valence electrons. The van der Waals surface area contributed by atoms with Crippen molar-refractivity contribution in [1.82, 2.24) is 20.7 Å². The molecular formula is C12H18N4O2. The average molecular weight is 250 g/mol. The van der Waals surface area contributed by atoms with Crippen molar-refractivity contribution >= 4 is 5.91 Å². The van der Waals surface area contributed by atoms with Gasteiger partial charge in [-0.15, -0.1) is 13.2 Å². The van der Waals surface area contributed by atoms with Crippen molar-refractivity contribution in [2.75, 3.05) is 6.54 Å². The Morgan fingerprint density at radius 2 is 2.06 bits per heavy atom. The molecule has 6 nitrogen and oxygen atoms in total. The SMILES string of the molecule is C=CCC(O)(CC=C)CNC(=O)c1n[nH]nc1C. The molecule has 0 radical (unpaired) electrons. The summed E-state index contributed by atoms with van der Waals surface area (Å²) in [5, 5.41) is 22.7. The maximum atomic E-state index is 11.8. The summed E-state index contributed by atoms with van der Waals surface area (Å²) in [5.74, 6) is -0.368. The number of nitrogens with zero attached hydrogens (tertiary/aromatic N) is 2. The summed E-state index contributed by atoms with van der Waals surface area (Å²) in [6.07, 6.45) is 3.96. The minimum atomic E-state index is -1.06. The number of aliphatic hydroxyl groups is 1. The summed E-state index contributed by atoms with van der Waals surface area (Å²) in [6, 6.07) is 0. The molecule has 0 saturated carbocycles. The second-order valence-electron chi connectivity index (χ2n) is 4.15. The fourth-order valence-electron chi connectivity index (χ4n) is 1.59. The van der Waals surface area contributed by atoms with Crippen LogP contribution in [0.2, 0.25) is 0 Å². The number of amides is 1. The Labute approximate surface area is 106 Å². The van der Waals surface area contributed by atoms with E-state index in [-0.39, 0.29) is 18.1 Å². The largest absolute Gasteiger partial charge is 0.387 e. The van der Waals surface area contributed by atoms with Gasteiger partial charge in [-0.05, 0) is 19.8 Å². The van der Waals surface area contributed by atoms with Gasteiger partial charge >= 0.3 is 0 Å². The summed E-state index contributed by atoms with van der Waals surface area (Å²) in [5.41, 5.74) is -0.311. The predicted octanol–water partition coefficient (Wildman–Crippen LogP) is 0.726. The van der Waals surface area contributed by atoms with Crippen LogP contribution in [-0.2, 0) is 0 Å². The third-order valence-electron chi connectivity index (χ3n) is 2.56. The van der Waals surface area contributed by atoms with Crippen LogP contribution in [0.25, 0.3) is 0 Å². The molecule has 0 aliphatic carbocycles. The van der Waals surface area contributed by atoms with Crippen LogP contribution in [0.5, 0.6) is 0 Å². The summed E-state index contributed by atoms with van der Waals surface area (Å²) in [6.45, 7) is 8.96. The van der Waals surface area contributed by atoms with Crippen LogP contribution in [0.3, 0.4) is 0 Å². The van der Waals surface area contributed by atoms with E-state index in [0.29, 0.717) is 18.5 Å². The van der Waals surface area contributed by atoms with Crippen LogP contribution >= 0.6 is 0 Å². The van der Waals surface area contributed by atoms with Crippen molar-refractivity contribution in [1.29, 1.82) is 0 Å². The maximum absolute atomic E-state index is 11.8. The molecule has 6 heteroatoms. The highest BCUT2D eigenvalue weighted by Crippen LogP contribution is 2.15. The third-order valence-corrected chi connectivity index (χ3v) is 2.56. The lowest BCUT2D eigenvalue weighted by molar-refractivity contribution is 0.0436. The first kappa shape index (κ1) is 14.1. The Morgan fingerprint density at radius 3 is 2.50 bits per heavy atom. The van der Waals surface area contributed by atoms with Gasteiger partial charge in [0.25, 0.3) is 5.91 Å². The van der Waals surface area contributed by atoms with Crippen LogP contribution in [0.4, 0.5) is 0 Å². The number of aryl methyl sites for hydroxylation is 1. The second kappa shape index (κ2) is 6.11. The number of carbonyl (C=O) groups excluding carboxylic acids is 1. The molecule has 1 aromatic heterocycles. The van der Waals surface area contributed by atoms with Crippen molar-refractivity contribution in [3.63, 3.8) is 0 Å². The number of H-pyrrole nitrogens is 1. The van der Waals surface area contributed by atoms with Gasteiger partial charge in [0.1, 0.15) is 0 Å². The van der Waals surface area contributed by atoms with Crippen LogP contribution < -0.4 is 5.32 Å². The first-order valence-corrected chi connectivity index (χ1v) is 5.62. The molecule has 1 rings (SSSR count). The van der Waals surface area contributed by atoms with E-state index in [1.165, 1.54) is 0 Å². The van der Waals surface area contributed by atoms with Gasteiger partial charge in [-0.2, -0.15) is 15.4 Å². The van der Waals surface area contributed by atoms with Crippen LogP contribution in [-0.4, -0.2) is 38.6 Å². The highest BCUT2D eigenvalue weighted by molar-refractivity contribution is 5.93. The number of hydrogen-bond acceptors (Lipinski definition) is 4. The van der Waals surface area contributed by atoms with Crippen molar-refractivity contribution in [2.45, 2.75) is 25.4 Å². The predicted molar refractivity (Wildman–Crippen MR) is 68.0 cm³/mol. The first-order valence-electron chi connectivity index (χ1n) is 5.62. The fourth-order valence-corrected chi connectivity index (χ4v) is 1.59. The second-order valence-corrected chi connectivity index (χ2v) is 4.15. The number of nitrogens with one attached hydrogen (secondary N) is 2. The number of aromatic nitrogens is 3. The zero-order valence-electron chi connectivity index (χ0n) is 10.4. The first-order chi connectivity index (χ1) is 8.52. The average Bonchev–Trinajstić information content (AvgIpc) is 2.73. The summed E-state index contributed by atoms with van der Waals surface area (Å²) < 4.78 is 0. The molecule has 0 bridgehead atoms. The van der Waals surface area contributed by atoms with Gasteiger partial charge in [-0.1, -0.05) is 12.2 Å². The molecule has 0 unspecified atom stereocenters. The monoisotopic (exact) mass is 250 g/mol. The van der Waals surface area contributed by atoms with Crippen molar-refractivity contribution < 1.29 is 9.90 Å². The van der Waals surface area contributed by atoms with E-state index in [4.69, 9.17) is 0 Å². The van der Waals surface area contributed by atoms with Gasteiger partial charge in [0.15, 0.2) is 5.69 Å². The Kier molecular flexibility index (Phi) is 4.79. The molecule has 0 saturated heterocycles. The van der Waals surface area contributed by atoms with Gasteiger partial charge in [0.2, 0.25) is 0 Å². The summed E-state index contributed by atoms with van der Waals surface area (Å²) in [7, 11) is 0. The van der Waals surface area contributed by atoms with Crippen LogP contribution in [0, 0.1) is 6.92 Å². The fraction of sp³-hybridized carbons (Fsp3) is 0.417. The maximum Gasteiger partial charge on any atom is 0.273 e. The Hall–Kier alpha value is -1.95. The standard InChI is InChI=1S/C12H18N4O2/c1-4-6-12(18,7-5-2)8-13-11(17)10-9(3)14-16-15-10/h4-5,18H,1-2,6-8H2,3H3,(H,13,17)(H,14,15,16). The molecule has 0 fully saturated rings. The molecule has 0 aliphatic rings. The lowest BCUT2D eigenvalue weighted by atomic mass is 9.95. The minimum absolute atomic E-state index is 0.107.